The maximum absolute atomic E-state index is 9.19. The maximum Gasteiger partial charge on any atom is 0.137 e. The molecule has 0 aliphatic rings. The minimum absolute atomic E-state index is 0.642. The second-order valence-corrected chi connectivity index (χ2v) is 4.94. The molecule has 2 aromatic rings. The summed E-state index contributed by atoms with van der Waals surface area (Å²) in [5.41, 5.74) is 3.59. The number of aromatic nitrogens is 2. The molecule has 3 nitrogen and oxygen atoms in total. The Labute approximate surface area is 111 Å². The molecule has 0 unspecified atom stereocenters. The quantitative estimate of drug-likeness (QED) is 0.790. The minimum atomic E-state index is 0.642. The van der Waals surface area contributed by atoms with E-state index in [1.807, 2.05) is 32.0 Å². The van der Waals surface area contributed by atoms with Gasteiger partial charge < -0.3 is 0 Å². The molecule has 0 saturated carbocycles. The van der Waals surface area contributed by atoms with Crippen molar-refractivity contribution in [1.29, 1.82) is 5.26 Å². The van der Waals surface area contributed by atoms with Gasteiger partial charge in [0, 0.05) is 5.75 Å². The third kappa shape index (κ3) is 2.69. The maximum atomic E-state index is 9.19. The Balaban J connectivity index is 2.21. The van der Waals surface area contributed by atoms with Crippen molar-refractivity contribution in [2.75, 3.05) is 0 Å². The molecule has 1 aromatic heterocycles. The molecule has 2 rings (SSSR count). The molecule has 0 aliphatic heterocycles. The van der Waals surface area contributed by atoms with Gasteiger partial charge in [-0.25, -0.2) is 0 Å². The molecule has 0 aliphatic carbocycles. The molecule has 4 heteroatoms. The second-order valence-electron chi connectivity index (χ2n) is 3.98. The van der Waals surface area contributed by atoms with Crippen LogP contribution in [0.5, 0.6) is 0 Å². The SMILES string of the molecule is Cc1nnc(SCc2ccccc2)c(C#N)c1C. The van der Waals surface area contributed by atoms with Gasteiger partial charge in [-0.3, -0.25) is 0 Å². The van der Waals surface area contributed by atoms with Crippen LogP contribution in [0.2, 0.25) is 0 Å². The van der Waals surface area contributed by atoms with Crippen LogP contribution in [0.3, 0.4) is 0 Å². The average Bonchev–Trinajstić information content (AvgIpc) is 2.41. The molecule has 1 heterocycles. The van der Waals surface area contributed by atoms with Gasteiger partial charge in [-0.15, -0.1) is 5.10 Å². The fraction of sp³-hybridized carbons (Fsp3) is 0.214. The highest BCUT2D eigenvalue weighted by Crippen LogP contribution is 2.25. The van der Waals surface area contributed by atoms with Gasteiger partial charge in [0.25, 0.3) is 0 Å². The van der Waals surface area contributed by atoms with E-state index in [1.165, 1.54) is 5.56 Å². The van der Waals surface area contributed by atoms with E-state index in [0.29, 0.717) is 10.6 Å². The molecule has 0 spiro atoms. The number of aryl methyl sites for hydroxylation is 1. The summed E-state index contributed by atoms with van der Waals surface area (Å²) in [7, 11) is 0. The minimum Gasteiger partial charge on any atom is -0.192 e. The fourth-order valence-electron chi connectivity index (χ4n) is 1.55. The highest BCUT2D eigenvalue weighted by Gasteiger charge is 2.11. The van der Waals surface area contributed by atoms with Gasteiger partial charge in [-0.2, -0.15) is 10.4 Å². The zero-order valence-corrected chi connectivity index (χ0v) is 11.2. The second kappa shape index (κ2) is 5.65. The summed E-state index contributed by atoms with van der Waals surface area (Å²) in [5, 5.41) is 18.1. The van der Waals surface area contributed by atoms with Gasteiger partial charge in [0.15, 0.2) is 0 Å². The van der Waals surface area contributed by atoms with Gasteiger partial charge in [-0.1, -0.05) is 42.1 Å². The largest absolute Gasteiger partial charge is 0.192 e. The van der Waals surface area contributed by atoms with E-state index < -0.39 is 0 Å². The summed E-state index contributed by atoms with van der Waals surface area (Å²) in [6, 6.07) is 12.3. The standard InChI is InChI=1S/C14H13N3S/c1-10-11(2)16-17-14(13(10)8-15)18-9-12-6-4-3-5-7-12/h3-7H,9H2,1-2H3. The highest BCUT2D eigenvalue weighted by molar-refractivity contribution is 7.98. The van der Waals surface area contributed by atoms with Crippen LogP contribution < -0.4 is 0 Å². The van der Waals surface area contributed by atoms with Crippen molar-refractivity contribution in [3.05, 3.63) is 52.7 Å². The van der Waals surface area contributed by atoms with Crippen LogP contribution >= 0.6 is 11.8 Å². The number of nitriles is 1. The Kier molecular flexibility index (Phi) is 3.96. The van der Waals surface area contributed by atoms with Crippen molar-refractivity contribution < 1.29 is 0 Å². The number of rotatable bonds is 3. The molecule has 0 amide bonds. The Morgan fingerprint density at radius 2 is 1.89 bits per heavy atom. The Morgan fingerprint density at radius 1 is 1.17 bits per heavy atom. The summed E-state index contributed by atoms with van der Waals surface area (Å²) in [6.45, 7) is 3.78. The molecule has 0 saturated heterocycles. The van der Waals surface area contributed by atoms with Gasteiger partial charge in [0.05, 0.1) is 11.3 Å². The van der Waals surface area contributed by atoms with Crippen LogP contribution in [-0.4, -0.2) is 10.2 Å². The van der Waals surface area contributed by atoms with Crippen LogP contribution in [0.15, 0.2) is 35.4 Å². The number of nitrogens with zero attached hydrogens (tertiary/aromatic N) is 3. The van der Waals surface area contributed by atoms with E-state index in [9.17, 15) is 5.26 Å². The van der Waals surface area contributed by atoms with E-state index in [4.69, 9.17) is 0 Å². The lowest BCUT2D eigenvalue weighted by Crippen LogP contribution is -1.99. The van der Waals surface area contributed by atoms with Crippen molar-refractivity contribution in [3.63, 3.8) is 0 Å². The van der Waals surface area contributed by atoms with Crippen LogP contribution in [-0.2, 0) is 5.75 Å². The summed E-state index contributed by atoms with van der Waals surface area (Å²) in [4.78, 5) is 0. The molecule has 0 radical (unpaired) electrons. The first kappa shape index (κ1) is 12.6. The Bertz CT molecular complexity index is 588. The Morgan fingerprint density at radius 3 is 2.56 bits per heavy atom. The summed E-state index contributed by atoms with van der Waals surface area (Å²) in [6.07, 6.45) is 0. The van der Waals surface area contributed by atoms with Gasteiger partial charge >= 0.3 is 0 Å². The van der Waals surface area contributed by atoms with Crippen LogP contribution in [0.4, 0.5) is 0 Å². The zero-order valence-electron chi connectivity index (χ0n) is 10.3. The zero-order chi connectivity index (χ0) is 13.0. The molecule has 0 atom stereocenters. The third-order valence-electron chi connectivity index (χ3n) is 2.75. The van der Waals surface area contributed by atoms with E-state index in [2.05, 4.69) is 28.4 Å². The molecule has 1 aromatic carbocycles. The van der Waals surface area contributed by atoms with E-state index in [1.54, 1.807) is 11.8 Å². The normalized spacial score (nSPS) is 10.1. The van der Waals surface area contributed by atoms with Gasteiger partial charge in [0.1, 0.15) is 11.1 Å². The number of thioether (sulfide) groups is 1. The summed E-state index contributed by atoms with van der Waals surface area (Å²) in [5.74, 6) is 0.798. The lowest BCUT2D eigenvalue weighted by atomic mass is 10.1. The molecule has 18 heavy (non-hydrogen) atoms. The first-order chi connectivity index (χ1) is 8.72. The van der Waals surface area contributed by atoms with Crippen molar-refractivity contribution in [2.24, 2.45) is 0 Å². The molecule has 0 N–H and O–H groups in total. The van der Waals surface area contributed by atoms with E-state index in [0.717, 1.165) is 17.0 Å². The average molecular weight is 255 g/mol. The smallest absolute Gasteiger partial charge is 0.137 e. The first-order valence-corrected chi connectivity index (χ1v) is 6.61. The van der Waals surface area contributed by atoms with Crippen molar-refractivity contribution in [1.82, 2.24) is 10.2 Å². The van der Waals surface area contributed by atoms with Crippen molar-refractivity contribution >= 4 is 11.8 Å². The van der Waals surface area contributed by atoms with E-state index >= 15 is 0 Å². The predicted molar refractivity (Wildman–Crippen MR) is 72.2 cm³/mol. The predicted octanol–water partition coefficient (Wildman–Crippen LogP) is 3.26. The lowest BCUT2D eigenvalue weighted by molar-refractivity contribution is 0.871. The van der Waals surface area contributed by atoms with Crippen molar-refractivity contribution in [2.45, 2.75) is 24.6 Å². The van der Waals surface area contributed by atoms with Gasteiger partial charge in [-0.05, 0) is 25.0 Å². The molecule has 0 bridgehead atoms. The van der Waals surface area contributed by atoms with Crippen molar-refractivity contribution in [3.8, 4) is 6.07 Å². The molecule has 0 fully saturated rings. The van der Waals surface area contributed by atoms with E-state index in [-0.39, 0.29) is 0 Å². The third-order valence-corrected chi connectivity index (χ3v) is 3.79. The highest BCUT2D eigenvalue weighted by atomic mass is 32.2. The number of hydrogen-bond acceptors (Lipinski definition) is 4. The van der Waals surface area contributed by atoms with Crippen LogP contribution in [0, 0.1) is 25.2 Å². The van der Waals surface area contributed by atoms with Gasteiger partial charge in [0.2, 0.25) is 0 Å². The van der Waals surface area contributed by atoms with Crippen LogP contribution in [0.1, 0.15) is 22.4 Å². The number of benzene rings is 1. The monoisotopic (exact) mass is 255 g/mol. The topological polar surface area (TPSA) is 49.6 Å². The number of hydrogen-bond donors (Lipinski definition) is 0. The first-order valence-electron chi connectivity index (χ1n) is 5.63. The summed E-state index contributed by atoms with van der Waals surface area (Å²) >= 11 is 1.55. The lowest BCUT2D eigenvalue weighted by Gasteiger charge is -2.06. The van der Waals surface area contributed by atoms with Crippen LogP contribution in [0.25, 0.3) is 0 Å². The summed E-state index contributed by atoms with van der Waals surface area (Å²) < 4.78 is 0. The fourth-order valence-corrected chi connectivity index (χ4v) is 2.48. The molecular formula is C14H13N3S. The Hall–Kier alpha value is -1.86. The molecule has 90 valence electrons. The molecular weight excluding hydrogens is 242 g/mol.